The first kappa shape index (κ1) is 25.3. The standard InChI is InChI=1S/C26H25ClN2O7/c1-3-8-28(25(31)15-33-2)13-24(30)29(11-17-4-6-22-23(9-17)36-16-35-22)12-18-14-34-21-7-5-19(27)10-20(21)26(18)32/h3-7,9-10,14H,1,8,11-13,15-16H2,2H3. The van der Waals surface area contributed by atoms with E-state index in [1.165, 1.54) is 35.3 Å². The smallest absolute Gasteiger partial charge is 0.249 e. The van der Waals surface area contributed by atoms with Gasteiger partial charge in [-0.05, 0) is 35.9 Å². The summed E-state index contributed by atoms with van der Waals surface area (Å²) in [5.74, 6) is 0.465. The lowest BCUT2D eigenvalue weighted by atomic mass is 10.1. The zero-order chi connectivity index (χ0) is 25.7. The topological polar surface area (TPSA) is 98.5 Å². The summed E-state index contributed by atoms with van der Waals surface area (Å²) in [4.78, 5) is 41.9. The predicted molar refractivity (Wildman–Crippen MR) is 133 cm³/mol. The number of amides is 2. The predicted octanol–water partition coefficient (Wildman–Crippen LogP) is 3.36. The summed E-state index contributed by atoms with van der Waals surface area (Å²) in [6.07, 6.45) is 2.88. The fourth-order valence-electron chi connectivity index (χ4n) is 3.84. The number of ether oxygens (including phenoxy) is 3. The van der Waals surface area contributed by atoms with E-state index in [0.29, 0.717) is 27.5 Å². The average molecular weight is 513 g/mol. The summed E-state index contributed by atoms with van der Waals surface area (Å²) in [6.45, 7) is 3.68. The van der Waals surface area contributed by atoms with Crippen LogP contribution in [0.3, 0.4) is 0 Å². The van der Waals surface area contributed by atoms with Gasteiger partial charge in [0.25, 0.3) is 0 Å². The van der Waals surface area contributed by atoms with Crippen LogP contribution >= 0.6 is 11.6 Å². The number of methoxy groups -OCH3 is 1. The van der Waals surface area contributed by atoms with E-state index in [2.05, 4.69) is 6.58 Å². The molecule has 2 aromatic carbocycles. The van der Waals surface area contributed by atoms with Crippen molar-refractivity contribution in [2.24, 2.45) is 0 Å². The molecule has 36 heavy (non-hydrogen) atoms. The lowest BCUT2D eigenvalue weighted by Crippen LogP contribution is -2.44. The van der Waals surface area contributed by atoms with Crippen molar-refractivity contribution in [2.45, 2.75) is 13.1 Å². The van der Waals surface area contributed by atoms with Gasteiger partial charge in [-0.1, -0.05) is 23.7 Å². The Labute approximate surface area is 212 Å². The Kier molecular flexibility index (Phi) is 7.92. The molecule has 1 aromatic heterocycles. The van der Waals surface area contributed by atoms with E-state index in [1.807, 2.05) is 6.07 Å². The Hall–Kier alpha value is -3.82. The summed E-state index contributed by atoms with van der Waals surface area (Å²) >= 11 is 6.07. The second-order valence-electron chi connectivity index (χ2n) is 8.16. The fraction of sp³-hybridized carbons (Fsp3) is 0.269. The Morgan fingerprint density at radius 3 is 2.67 bits per heavy atom. The molecule has 0 saturated heterocycles. The van der Waals surface area contributed by atoms with Crippen molar-refractivity contribution in [1.29, 1.82) is 0 Å². The highest BCUT2D eigenvalue weighted by Crippen LogP contribution is 2.33. The maximum Gasteiger partial charge on any atom is 0.249 e. The van der Waals surface area contributed by atoms with Gasteiger partial charge in [-0.2, -0.15) is 0 Å². The van der Waals surface area contributed by atoms with Gasteiger partial charge in [0.1, 0.15) is 18.7 Å². The molecule has 1 aliphatic heterocycles. The van der Waals surface area contributed by atoms with Crippen LogP contribution in [0.2, 0.25) is 5.02 Å². The minimum absolute atomic E-state index is 0.0432. The first-order valence-corrected chi connectivity index (χ1v) is 11.5. The van der Waals surface area contributed by atoms with E-state index in [0.717, 1.165) is 5.56 Å². The van der Waals surface area contributed by atoms with Gasteiger partial charge in [-0.25, -0.2) is 0 Å². The van der Waals surface area contributed by atoms with Crippen LogP contribution in [0.4, 0.5) is 0 Å². The molecule has 0 radical (unpaired) electrons. The minimum atomic E-state index is -0.371. The number of fused-ring (bicyclic) bond motifs is 2. The third-order valence-electron chi connectivity index (χ3n) is 5.63. The first-order valence-electron chi connectivity index (χ1n) is 11.1. The van der Waals surface area contributed by atoms with E-state index in [4.69, 9.17) is 30.2 Å². The molecule has 0 fully saturated rings. The number of carbonyl (C=O) groups excluding carboxylic acids is 2. The van der Waals surface area contributed by atoms with Gasteiger partial charge in [0.05, 0.1) is 23.8 Å². The van der Waals surface area contributed by atoms with Crippen molar-refractivity contribution < 1.29 is 28.2 Å². The van der Waals surface area contributed by atoms with Gasteiger partial charge in [0, 0.05) is 25.2 Å². The van der Waals surface area contributed by atoms with E-state index in [1.54, 1.807) is 24.3 Å². The highest BCUT2D eigenvalue weighted by atomic mass is 35.5. The second kappa shape index (κ2) is 11.3. The average Bonchev–Trinajstić information content (AvgIpc) is 3.33. The summed E-state index contributed by atoms with van der Waals surface area (Å²) in [5, 5.41) is 0.719. The van der Waals surface area contributed by atoms with Crippen LogP contribution in [0.1, 0.15) is 11.1 Å². The first-order chi connectivity index (χ1) is 17.4. The molecule has 2 amide bonds. The molecule has 10 heteroatoms. The third-order valence-corrected chi connectivity index (χ3v) is 5.86. The quantitative estimate of drug-likeness (QED) is 0.384. The van der Waals surface area contributed by atoms with Crippen LogP contribution in [0, 0.1) is 0 Å². The Morgan fingerprint density at radius 2 is 1.89 bits per heavy atom. The largest absolute Gasteiger partial charge is 0.464 e. The minimum Gasteiger partial charge on any atom is -0.464 e. The number of nitrogens with zero attached hydrogens (tertiary/aromatic N) is 2. The van der Waals surface area contributed by atoms with Gasteiger partial charge >= 0.3 is 0 Å². The molecule has 0 aliphatic carbocycles. The molecule has 0 N–H and O–H groups in total. The van der Waals surface area contributed by atoms with E-state index < -0.39 is 0 Å². The van der Waals surface area contributed by atoms with Crippen molar-refractivity contribution >= 4 is 34.4 Å². The van der Waals surface area contributed by atoms with Crippen molar-refractivity contribution in [2.75, 3.05) is 33.6 Å². The number of rotatable bonds is 10. The van der Waals surface area contributed by atoms with Crippen LogP contribution in [-0.4, -0.2) is 55.2 Å². The molecule has 9 nitrogen and oxygen atoms in total. The van der Waals surface area contributed by atoms with Gasteiger partial charge in [-0.3, -0.25) is 14.4 Å². The van der Waals surface area contributed by atoms with E-state index in [9.17, 15) is 14.4 Å². The van der Waals surface area contributed by atoms with Crippen molar-refractivity contribution in [3.63, 3.8) is 0 Å². The number of hydrogen-bond acceptors (Lipinski definition) is 7. The molecule has 0 spiro atoms. The molecule has 0 unspecified atom stereocenters. The Balaban J connectivity index is 1.64. The molecule has 3 aromatic rings. The Morgan fingerprint density at radius 1 is 1.08 bits per heavy atom. The Bertz CT molecular complexity index is 1350. The van der Waals surface area contributed by atoms with Crippen molar-refractivity contribution in [3.8, 4) is 11.5 Å². The number of benzene rings is 2. The molecule has 0 saturated carbocycles. The van der Waals surface area contributed by atoms with Crippen LogP contribution in [0.5, 0.6) is 11.5 Å². The maximum atomic E-state index is 13.5. The fourth-order valence-corrected chi connectivity index (χ4v) is 4.01. The van der Waals surface area contributed by atoms with Gasteiger partial charge in [0.15, 0.2) is 16.9 Å². The molecule has 1 aliphatic rings. The maximum absolute atomic E-state index is 13.5. The zero-order valence-corrected chi connectivity index (χ0v) is 20.5. The van der Waals surface area contributed by atoms with Gasteiger partial charge < -0.3 is 28.4 Å². The van der Waals surface area contributed by atoms with E-state index >= 15 is 0 Å². The van der Waals surface area contributed by atoms with Crippen LogP contribution in [0.25, 0.3) is 11.0 Å². The van der Waals surface area contributed by atoms with Gasteiger partial charge in [-0.15, -0.1) is 6.58 Å². The summed E-state index contributed by atoms with van der Waals surface area (Å²) in [6, 6.07) is 10.1. The SMILES string of the molecule is C=CCN(CC(=O)N(Cc1ccc2c(c1)OCO2)Cc1coc2ccc(Cl)cc2c1=O)C(=O)COC. The summed E-state index contributed by atoms with van der Waals surface area (Å²) in [7, 11) is 1.41. The van der Waals surface area contributed by atoms with Crippen molar-refractivity contribution in [1.82, 2.24) is 9.80 Å². The lowest BCUT2D eigenvalue weighted by molar-refractivity contribution is -0.142. The molecule has 188 valence electrons. The molecular weight excluding hydrogens is 488 g/mol. The molecule has 4 rings (SSSR count). The van der Waals surface area contributed by atoms with Crippen LogP contribution in [0.15, 0.2) is 64.5 Å². The number of halogens is 1. The molecule has 0 atom stereocenters. The monoisotopic (exact) mass is 512 g/mol. The second-order valence-corrected chi connectivity index (χ2v) is 8.60. The third kappa shape index (κ3) is 5.69. The summed E-state index contributed by atoms with van der Waals surface area (Å²) in [5.41, 5.74) is 1.14. The number of hydrogen-bond donors (Lipinski definition) is 0. The summed E-state index contributed by atoms with van der Waals surface area (Å²) < 4.78 is 21.4. The normalized spacial score (nSPS) is 11.9. The lowest BCUT2D eigenvalue weighted by Gasteiger charge is -2.27. The molecular formula is C26H25ClN2O7. The van der Waals surface area contributed by atoms with Crippen molar-refractivity contribution in [3.05, 3.63) is 81.7 Å². The highest BCUT2D eigenvalue weighted by Gasteiger charge is 2.23. The highest BCUT2D eigenvalue weighted by molar-refractivity contribution is 6.31. The van der Waals surface area contributed by atoms with Crippen LogP contribution < -0.4 is 14.9 Å². The molecule has 2 heterocycles. The number of carbonyl (C=O) groups is 2. The van der Waals surface area contributed by atoms with Gasteiger partial charge in [0.2, 0.25) is 18.6 Å². The zero-order valence-electron chi connectivity index (χ0n) is 19.7. The molecule has 0 bridgehead atoms. The van der Waals surface area contributed by atoms with Crippen LogP contribution in [-0.2, 0) is 27.4 Å². The van der Waals surface area contributed by atoms with E-state index in [-0.39, 0.29) is 62.4 Å².